The molecule has 13 heavy (non-hydrogen) atoms. The van der Waals surface area contributed by atoms with E-state index in [0.717, 1.165) is 5.70 Å². The van der Waals surface area contributed by atoms with E-state index in [4.69, 9.17) is 0 Å². The highest BCUT2D eigenvalue weighted by Gasteiger charge is 2.20. The van der Waals surface area contributed by atoms with Gasteiger partial charge < -0.3 is 0 Å². The molecule has 0 atom stereocenters. The minimum absolute atomic E-state index is 0.228. The maximum absolute atomic E-state index is 11.6. The van der Waals surface area contributed by atoms with Gasteiger partial charge in [-0.3, -0.25) is 4.31 Å². The highest BCUT2D eigenvalue weighted by Crippen LogP contribution is 2.15. The standard InChI is InChI=1S/C9H15NO2S/c1-3-8-13(11,12)10-7-5-4-6-9(10)2/h4-6H,3,7-8H2,1-2H3. The van der Waals surface area contributed by atoms with Crippen molar-refractivity contribution in [2.75, 3.05) is 12.3 Å². The van der Waals surface area contributed by atoms with E-state index < -0.39 is 10.0 Å². The van der Waals surface area contributed by atoms with Crippen LogP contribution in [0.1, 0.15) is 20.3 Å². The van der Waals surface area contributed by atoms with Crippen LogP contribution in [0.3, 0.4) is 0 Å². The third kappa shape index (κ3) is 2.34. The summed E-state index contributed by atoms with van der Waals surface area (Å²) in [6, 6.07) is 0. The van der Waals surface area contributed by atoms with Crippen LogP contribution in [0.25, 0.3) is 0 Å². The van der Waals surface area contributed by atoms with E-state index in [1.807, 2.05) is 32.1 Å². The predicted molar refractivity (Wildman–Crippen MR) is 53.7 cm³/mol. The van der Waals surface area contributed by atoms with Crippen molar-refractivity contribution in [1.29, 1.82) is 0 Å². The smallest absolute Gasteiger partial charge is 0.235 e. The average Bonchev–Trinajstić information content (AvgIpc) is 2.04. The van der Waals surface area contributed by atoms with Gasteiger partial charge in [0.2, 0.25) is 10.0 Å². The lowest BCUT2D eigenvalue weighted by Crippen LogP contribution is -2.32. The molecule has 0 aromatic rings. The quantitative estimate of drug-likeness (QED) is 0.694. The average molecular weight is 201 g/mol. The van der Waals surface area contributed by atoms with Crippen LogP contribution in [0, 0.1) is 0 Å². The van der Waals surface area contributed by atoms with Gasteiger partial charge in [-0.15, -0.1) is 0 Å². The van der Waals surface area contributed by atoms with Crippen LogP contribution < -0.4 is 0 Å². The molecule has 3 nitrogen and oxygen atoms in total. The highest BCUT2D eigenvalue weighted by atomic mass is 32.2. The molecule has 0 bridgehead atoms. The van der Waals surface area contributed by atoms with Crippen molar-refractivity contribution in [2.24, 2.45) is 0 Å². The Kier molecular flexibility index (Phi) is 3.14. The van der Waals surface area contributed by atoms with Crippen molar-refractivity contribution in [2.45, 2.75) is 20.3 Å². The van der Waals surface area contributed by atoms with Gasteiger partial charge in [0.25, 0.3) is 0 Å². The van der Waals surface area contributed by atoms with E-state index in [-0.39, 0.29) is 5.75 Å². The zero-order valence-electron chi connectivity index (χ0n) is 8.03. The van der Waals surface area contributed by atoms with Gasteiger partial charge >= 0.3 is 0 Å². The van der Waals surface area contributed by atoms with Gasteiger partial charge in [0.05, 0.1) is 12.3 Å². The second kappa shape index (κ2) is 3.96. The summed E-state index contributed by atoms with van der Waals surface area (Å²) in [5, 5.41) is 0. The Morgan fingerprint density at radius 3 is 2.77 bits per heavy atom. The third-order valence-electron chi connectivity index (χ3n) is 1.94. The summed E-state index contributed by atoms with van der Waals surface area (Å²) in [5.41, 5.74) is 0.802. The molecule has 0 amide bonds. The number of allylic oxidation sites excluding steroid dienone is 3. The number of hydrogen-bond acceptors (Lipinski definition) is 2. The molecular formula is C9H15NO2S. The zero-order valence-corrected chi connectivity index (χ0v) is 8.84. The van der Waals surface area contributed by atoms with Crippen molar-refractivity contribution in [3.63, 3.8) is 0 Å². The summed E-state index contributed by atoms with van der Waals surface area (Å²) < 4.78 is 24.7. The minimum atomic E-state index is -3.07. The number of nitrogens with zero attached hydrogens (tertiary/aromatic N) is 1. The molecule has 0 radical (unpaired) electrons. The monoisotopic (exact) mass is 201 g/mol. The molecule has 0 fully saturated rings. The van der Waals surface area contributed by atoms with Gasteiger partial charge in [0, 0.05) is 5.70 Å². The number of rotatable bonds is 3. The molecule has 0 aromatic heterocycles. The molecule has 1 aliphatic heterocycles. The third-order valence-corrected chi connectivity index (χ3v) is 3.97. The van der Waals surface area contributed by atoms with Crippen LogP contribution in [0.4, 0.5) is 0 Å². The maximum Gasteiger partial charge on any atom is 0.235 e. The molecule has 74 valence electrons. The molecule has 0 N–H and O–H groups in total. The van der Waals surface area contributed by atoms with E-state index in [2.05, 4.69) is 0 Å². The Hall–Kier alpha value is -0.770. The van der Waals surface area contributed by atoms with Crippen molar-refractivity contribution >= 4 is 10.0 Å². The van der Waals surface area contributed by atoms with E-state index in [1.165, 1.54) is 4.31 Å². The van der Waals surface area contributed by atoms with Gasteiger partial charge in [0.15, 0.2) is 0 Å². The number of sulfonamides is 1. The summed E-state index contributed by atoms with van der Waals surface area (Å²) >= 11 is 0. The van der Waals surface area contributed by atoms with Gasteiger partial charge in [-0.25, -0.2) is 8.42 Å². The molecule has 4 heteroatoms. The molecule has 0 saturated carbocycles. The molecular weight excluding hydrogens is 186 g/mol. The first kappa shape index (κ1) is 10.3. The first-order chi connectivity index (χ1) is 6.08. The molecule has 0 aliphatic carbocycles. The molecule has 1 aliphatic rings. The normalized spacial score (nSPS) is 17.4. The molecule has 0 spiro atoms. The summed E-state index contributed by atoms with van der Waals surface area (Å²) in [6.45, 7) is 4.16. The summed E-state index contributed by atoms with van der Waals surface area (Å²) in [6.07, 6.45) is 6.21. The van der Waals surface area contributed by atoms with E-state index in [9.17, 15) is 8.42 Å². The molecule has 1 rings (SSSR count). The Morgan fingerprint density at radius 1 is 1.54 bits per heavy atom. The van der Waals surface area contributed by atoms with Crippen LogP contribution in [0.2, 0.25) is 0 Å². The fourth-order valence-corrected chi connectivity index (χ4v) is 2.84. The summed E-state index contributed by atoms with van der Waals surface area (Å²) in [4.78, 5) is 0. The Morgan fingerprint density at radius 2 is 2.23 bits per heavy atom. The Balaban J connectivity index is 2.84. The van der Waals surface area contributed by atoms with Gasteiger partial charge in [-0.05, 0) is 19.4 Å². The van der Waals surface area contributed by atoms with Gasteiger partial charge in [-0.1, -0.05) is 19.1 Å². The van der Waals surface area contributed by atoms with E-state index in [0.29, 0.717) is 13.0 Å². The lowest BCUT2D eigenvalue weighted by atomic mass is 10.3. The van der Waals surface area contributed by atoms with Gasteiger partial charge in [-0.2, -0.15) is 0 Å². The number of hydrogen-bond donors (Lipinski definition) is 0. The first-order valence-electron chi connectivity index (χ1n) is 4.42. The zero-order chi connectivity index (χ0) is 9.90. The van der Waals surface area contributed by atoms with Crippen molar-refractivity contribution < 1.29 is 8.42 Å². The molecule has 0 saturated heterocycles. The predicted octanol–water partition coefficient (Wildman–Crippen LogP) is 1.50. The molecule has 0 unspecified atom stereocenters. The van der Waals surface area contributed by atoms with Crippen molar-refractivity contribution in [3.05, 3.63) is 23.9 Å². The Bertz CT molecular complexity index is 328. The van der Waals surface area contributed by atoms with Crippen LogP contribution in [-0.4, -0.2) is 25.0 Å². The lowest BCUT2D eigenvalue weighted by Gasteiger charge is -2.25. The van der Waals surface area contributed by atoms with Crippen LogP contribution >= 0.6 is 0 Å². The minimum Gasteiger partial charge on any atom is -0.271 e. The first-order valence-corrected chi connectivity index (χ1v) is 6.02. The van der Waals surface area contributed by atoms with Crippen LogP contribution in [0.15, 0.2) is 23.9 Å². The maximum atomic E-state index is 11.6. The van der Waals surface area contributed by atoms with E-state index >= 15 is 0 Å². The molecule has 1 heterocycles. The van der Waals surface area contributed by atoms with Crippen LogP contribution in [-0.2, 0) is 10.0 Å². The fourth-order valence-electron chi connectivity index (χ4n) is 1.29. The summed E-state index contributed by atoms with van der Waals surface area (Å²) in [5.74, 6) is 0.228. The highest BCUT2D eigenvalue weighted by molar-refractivity contribution is 7.89. The largest absolute Gasteiger partial charge is 0.271 e. The van der Waals surface area contributed by atoms with Gasteiger partial charge in [0.1, 0.15) is 0 Å². The topological polar surface area (TPSA) is 37.4 Å². The second-order valence-corrected chi connectivity index (χ2v) is 5.10. The lowest BCUT2D eigenvalue weighted by molar-refractivity contribution is 0.500. The van der Waals surface area contributed by atoms with Crippen molar-refractivity contribution in [3.8, 4) is 0 Å². The van der Waals surface area contributed by atoms with Crippen LogP contribution in [0.5, 0.6) is 0 Å². The fraction of sp³-hybridized carbons (Fsp3) is 0.556. The van der Waals surface area contributed by atoms with Crippen molar-refractivity contribution in [1.82, 2.24) is 4.31 Å². The molecule has 0 aromatic carbocycles. The Labute approximate surface area is 79.8 Å². The van der Waals surface area contributed by atoms with E-state index in [1.54, 1.807) is 0 Å². The second-order valence-electron chi connectivity index (χ2n) is 3.08. The SMILES string of the molecule is CCCS(=O)(=O)N1CC=CC=C1C. The summed E-state index contributed by atoms with van der Waals surface area (Å²) in [7, 11) is -3.07.